The Balaban J connectivity index is 1.85. The molecule has 1 aliphatic rings. The Morgan fingerprint density at radius 2 is 1.75 bits per heavy atom. The average molecular weight is 396 g/mol. The molecule has 7 nitrogen and oxygen atoms in total. The molecule has 0 aliphatic carbocycles. The highest BCUT2D eigenvalue weighted by Crippen LogP contribution is 2.19. The predicted molar refractivity (Wildman–Crippen MR) is 94.2 cm³/mol. The zero-order valence-corrected chi connectivity index (χ0v) is 16.1. The Kier molecular flexibility index (Phi) is 6.27. The maximum absolute atomic E-state index is 12.2. The molecule has 0 unspecified atom stereocenters. The van der Waals surface area contributed by atoms with Crippen molar-refractivity contribution in [2.24, 2.45) is 0 Å². The summed E-state index contributed by atoms with van der Waals surface area (Å²) in [5.74, 6) is 0. The van der Waals surface area contributed by atoms with Crippen molar-refractivity contribution in [1.29, 1.82) is 0 Å². The Morgan fingerprint density at radius 3 is 2.29 bits per heavy atom. The minimum absolute atomic E-state index is 0.139. The second kappa shape index (κ2) is 7.67. The first-order valence-corrected chi connectivity index (χ1v) is 11.2. The van der Waals surface area contributed by atoms with Crippen LogP contribution >= 0.6 is 11.6 Å². The van der Waals surface area contributed by atoms with Gasteiger partial charge in [0.15, 0.2) is 0 Å². The van der Waals surface area contributed by atoms with Gasteiger partial charge in [-0.2, -0.15) is 4.31 Å². The van der Waals surface area contributed by atoms with Crippen molar-refractivity contribution in [2.45, 2.75) is 11.8 Å². The molecule has 0 aromatic heterocycles. The molecule has 1 aromatic carbocycles. The van der Waals surface area contributed by atoms with Gasteiger partial charge in [0.05, 0.1) is 11.2 Å². The number of hydrogen-bond acceptors (Lipinski definition) is 5. The van der Waals surface area contributed by atoms with E-state index in [0.29, 0.717) is 37.7 Å². The van der Waals surface area contributed by atoms with E-state index in [1.54, 1.807) is 6.07 Å². The summed E-state index contributed by atoms with van der Waals surface area (Å²) in [5, 5.41) is 0.412. The molecule has 0 spiro atoms. The highest BCUT2D eigenvalue weighted by atomic mass is 35.5. The lowest BCUT2D eigenvalue weighted by molar-refractivity contribution is 0.192. The van der Waals surface area contributed by atoms with Crippen LogP contribution in [0, 0.1) is 6.92 Å². The molecule has 24 heavy (non-hydrogen) atoms. The second-order valence-electron chi connectivity index (χ2n) is 5.81. The third-order valence-corrected chi connectivity index (χ3v) is 7.14. The molecular formula is C14H22ClN3O4S2. The number of benzene rings is 1. The van der Waals surface area contributed by atoms with E-state index in [1.807, 2.05) is 11.8 Å². The van der Waals surface area contributed by atoms with Crippen LogP contribution < -0.4 is 4.72 Å². The Labute approximate surface area is 148 Å². The molecule has 0 radical (unpaired) electrons. The van der Waals surface area contributed by atoms with Crippen molar-refractivity contribution in [1.82, 2.24) is 13.9 Å². The third-order valence-electron chi connectivity index (χ3n) is 3.97. The fourth-order valence-electron chi connectivity index (χ4n) is 2.45. The van der Waals surface area contributed by atoms with Crippen molar-refractivity contribution in [3.05, 3.63) is 28.8 Å². The van der Waals surface area contributed by atoms with Crippen molar-refractivity contribution in [3.8, 4) is 0 Å². The molecule has 0 amide bonds. The smallest absolute Gasteiger partial charge is 0.240 e. The summed E-state index contributed by atoms with van der Waals surface area (Å²) in [6.45, 7) is 4.63. The van der Waals surface area contributed by atoms with Crippen LogP contribution in [0.25, 0.3) is 0 Å². The zero-order valence-electron chi connectivity index (χ0n) is 13.7. The van der Waals surface area contributed by atoms with Crippen molar-refractivity contribution >= 4 is 31.6 Å². The predicted octanol–water partition coefficient (Wildman–Crippen LogP) is 0.504. The topological polar surface area (TPSA) is 86.8 Å². The molecule has 136 valence electrons. The number of aryl methyl sites for hydroxylation is 1. The van der Waals surface area contributed by atoms with Crippen LogP contribution in [-0.2, 0) is 20.0 Å². The van der Waals surface area contributed by atoms with Crippen LogP contribution in [0.15, 0.2) is 23.1 Å². The fraction of sp³-hybridized carbons (Fsp3) is 0.571. The van der Waals surface area contributed by atoms with Gasteiger partial charge in [-0.05, 0) is 24.6 Å². The van der Waals surface area contributed by atoms with Gasteiger partial charge in [0.2, 0.25) is 20.0 Å². The second-order valence-corrected chi connectivity index (χ2v) is 9.97. The normalized spacial score (nSPS) is 18.0. The van der Waals surface area contributed by atoms with Gasteiger partial charge >= 0.3 is 0 Å². The summed E-state index contributed by atoms with van der Waals surface area (Å²) >= 11 is 5.97. The number of sulfonamides is 2. The minimum Gasteiger partial charge on any atom is -0.299 e. The summed E-state index contributed by atoms with van der Waals surface area (Å²) in [5.41, 5.74) is 0.819. The summed E-state index contributed by atoms with van der Waals surface area (Å²) in [6.07, 6.45) is 1.20. The van der Waals surface area contributed by atoms with Crippen molar-refractivity contribution in [3.63, 3.8) is 0 Å². The SMILES string of the molecule is Cc1ccc(S(=O)(=O)NCCN2CCN(S(C)(=O)=O)CC2)cc1Cl. The Hall–Kier alpha value is -0.710. The third kappa shape index (κ3) is 5.14. The lowest BCUT2D eigenvalue weighted by Gasteiger charge is -2.33. The van der Waals surface area contributed by atoms with Crippen LogP contribution in [-0.4, -0.2) is 71.6 Å². The van der Waals surface area contributed by atoms with Crippen LogP contribution in [0.4, 0.5) is 0 Å². The quantitative estimate of drug-likeness (QED) is 0.758. The number of nitrogens with one attached hydrogen (secondary N) is 1. The highest BCUT2D eigenvalue weighted by molar-refractivity contribution is 7.89. The molecule has 1 fully saturated rings. The fourth-order valence-corrected chi connectivity index (χ4v) is 4.57. The molecule has 1 heterocycles. The average Bonchev–Trinajstić information content (AvgIpc) is 2.49. The molecule has 1 aliphatic heterocycles. The van der Waals surface area contributed by atoms with Crippen LogP contribution in [0.3, 0.4) is 0 Å². The van der Waals surface area contributed by atoms with E-state index < -0.39 is 20.0 Å². The van der Waals surface area contributed by atoms with Crippen LogP contribution in [0.1, 0.15) is 5.56 Å². The monoisotopic (exact) mass is 395 g/mol. The largest absolute Gasteiger partial charge is 0.299 e. The molecule has 0 bridgehead atoms. The lowest BCUT2D eigenvalue weighted by atomic mass is 10.2. The van der Waals surface area contributed by atoms with Gasteiger partial charge < -0.3 is 0 Å². The lowest BCUT2D eigenvalue weighted by Crippen LogP contribution is -2.49. The number of halogens is 1. The standard InChI is InChI=1S/C14H22ClN3O4S2/c1-12-3-4-13(11-14(12)15)24(21,22)16-5-6-17-7-9-18(10-8-17)23(2,19)20/h3-4,11,16H,5-10H2,1-2H3. The summed E-state index contributed by atoms with van der Waals surface area (Å²) in [7, 11) is -6.76. The van der Waals surface area contributed by atoms with Gasteiger partial charge in [-0.1, -0.05) is 17.7 Å². The zero-order chi connectivity index (χ0) is 18.0. The first-order valence-electron chi connectivity index (χ1n) is 7.53. The van der Waals surface area contributed by atoms with Gasteiger partial charge in [-0.15, -0.1) is 0 Å². The number of rotatable bonds is 6. The number of piperazine rings is 1. The maximum atomic E-state index is 12.2. The van der Waals surface area contributed by atoms with E-state index in [9.17, 15) is 16.8 Å². The summed E-state index contributed by atoms with van der Waals surface area (Å²) < 4.78 is 51.4. The Bertz CT molecular complexity index is 788. The first kappa shape index (κ1) is 19.6. The van der Waals surface area contributed by atoms with E-state index in [4.69, 9.17) is 11.6 Å². The molecule has 1 saturated heterocycles. The maximum Gasteiger partial charge on any atom is 0.240 e. The van der Waals surface area contributed by atoms with Gasteiger partial charge in [0.25, 0.3) is 0 Å². The molecule has 0 saturated carbocycles. The number of hydrogen-bond donors (Lipinski definition) is 1. The number of nitrogens with zero attached hydrogens (tertiary/aromatic N) is 2. The molecule has 1 N–H and O–H groups in total. The van der Waals surface area contributed by atoms with Crippen molar-refractivity contribution in [2.75, 3.05) is 45.5 Å². The Morgan fingerprint density at radius 1 is 1.12 bits per heavy atom. The van der Waals surface area contributed by atoms with Crippen molar-refractivity contribution < 1.29 is 16.8 Å². The van der Waals surface area contributed by atoms with E-state index >= 15 is 0 Å². The van der Waals surface area contributed by atoms with E-state index in [0.717, 1.165) is 5.56 Å². The molecule has 1 aromatic rings. The first-order chi connectivity index (χ1) is 11.1. The summed E-state index contributed by atoms with van der Waals surface area (Å²) in [4.78, 5) is 2.17. The summed E-state index contributed by atoms with van der Waals surface area (Å²) in [6, 6.07) is 4.62. The molecule has 2 rings (SSSR count). The molecular weight excluding hydrogens is 374 g/mol. The van der Waals surface area contributed by atoms with Gasteiger partial charge in [0, 0.05) is 44.3 Å². The highest BCUT2D eigenvalue weighted by Gasteiger charge is 2.23. The van der Waals surface area contributed by atoms with Gasteiger partial charge in [-0.3, -0.25) is 4.90 Å². The van der Waals surface area contributed by atoms with E-state index in [1.165, 1.54) is 22.7 Å². The van der Waals surface area contributed by atoms with E-state index in [-0.39, 0.29) is 11.4 Å². The van der Waals surface area contributed by atoms with Crippen LogP contribution in [0.2, 0.25) is 5.02 Å². The van der Waals surface area contributed by atoms with Gasteiger partial charge in [-0.25, -0.2) is 21.6 Å². The van der Waals surface area contributed by atoms with Crippen LogP contribution in [0.5, 0.6) is 0 Å². The molecule has 0 atom stereocenters. The molecule has 10 heteroatoms. The minimum atomic E-state index is -3.60. The van der Waals surface area contributed by atoms with E-state index in [2.05, 4.69) is 4.72 Å². The van der Waals surface area contributed by atoms with Gasteiger partial charge in [0.1, 0.15) is 0 Å².